The van der Waals surface area contributed by atoms with Gasteiger partial charge in [0.2, 0.25) is 0 Å². The molecule has 0 aromatic carbocycles. The van der Waals surface area contributed by atoms with Crippen LogP contribution in [0.4, 0.5) is 0 Å². The van der Waals surface area contributed by atoms with Crippen LogP contribution in [0.2, 0.25) is 0 Å². The predicted molar refractivity (Wildman–Crippen MR) is 50.4 cm³/mol. The molecule has 0 nitrogen and oxygen atoms in total. The highest BCUT2D eigenvalue weighted by atomic mass is 13.9. The molecule has 10 heavy (non-hydrogen) atoms. The zero-order valence-corrected chi connectivity index (χ0v) is 7.66. The SMILES string of the molecule is CCCCCCCCCC.[2HH]. The molecule has 0 spiro atoms. The minimum Gasteiger partial charge on any atom is -0.0654 e. The highest BCUT2D eigenvalue weighted by Gasteiger charge is 1.87. The third-order valence-corrected chi connectivity index (χ3v) is 1.96. The fourth-order valence-electron chi connectivity index (χ4n) is 1.21. The molecular weight excluding hydrogens is 120 g/mol. The summed E-state index contributed by atoms with van der Waals surface area (Å²) in [5.41, 5.74) is 0. The Labute approximate surface area is 67.5 Å². The van der Waals surface area contributed by atoms with Crippen LogP contribution in [-0.4, -0.2) is 0 Å². The normalized spacial score (nSPS) is 10.2. The Morgan fingerprint density at radius 3 is 1.20 bits per heavy atom. The topological polar surface area (TPSA) is 0 Å². The van der Waals surface area contributed by atoms with Crippen molar-refractivity contribution < 1.29 is 1.43 Å². The van der Waals surface area contributed by atoms with Gasteiger partial charge in [0.25, 0.3) is 0 Å². The Bertz CT molecular complexity index is 44.8. The van der Waals surface area contributed by atoms with E-state index in [1.54, 1.807) is 0 Å². The summed E-state index contributed by atoms with van der Waals surface area (Å²) in [4.78, 5) is 0. The first kappa shape index (κ1) is 10.0. The van der Waals surface area contributed by atoms with Gasteiger partial charge < -0.3 is 0 Å². The summed E-state index contributed by atoms with van der Waals surface area (Å²) in [6, 6.07) is 0. The Kier molecular flexibility index (Phi) is 9.00. The summed E-state index contributed by atoms with van der Waals surface area (Å²) in [7, 11) is 0. The molecule has 0 aliphatic carbocycles. The molecule has 0 amide bonds. The van der Waals surface area contributed by atoms with Crippen molar-refractivity contribution in [1.29, 1.82) is 0 Å². The van der Waals surface area contributed by atoms with Crippen molar-refractivity contribution >= 4 is 0 Å². The summed E-state index contributed by atoms with van der Waals surface area (Å²) in [5.74, 6) is 0. The summed E-state index contributed by atoms with van der Waals surface area (Å²) >= 11 is 0. The second kappa shape index (κ2) is 9.00. The number of hydrogen-bond acceptors (Lipinski definition) is 0. The average molecular weight is 145 g/mol. The van der Waals surface area contributed by atoms with E-state index in [2.05, 4.69) is 13.8 Å². The minimum absolute atomic E-state index is 0. The lowest BCUT2D eigenvalue weighted by Crippen LogP contribution is -1.77. The summed E-state index contributed by atoms with van der Waals surface area (Å²) in [6.07, 6.45) is 11.5. The molecule has 0 saturated carbocycles. The monoisotopic (exact) mass is 145 g/mol. The van der Waals surface area contributed by atoms with Crippen LogP contribution in [0, 0.1) is 0 Å². The van der Waals surface area contributed by atoms with Gasteiger partial charge in [-0.05, 0) is 0 Å². The lowest BCUT2D eigenvalue weighted by molar-refractivity contribution is 0.585. The summed E-state index contributed by atoms with van der Waals surface area (Å²) in [6.45, 7) is 4.54. The van der Waals surface area contributed by atoms with Gasteiger partial charge in [0, 0.05) is 1.43 Å². The maximum Gasteiger partial charge on any atom is 0 e. The summed E-state index contributed by atoms with van der Waals surface area (Å²) in [5, 5.41) is 0. The largest absolute Gasteiger partial charge is 0.0654 e. The van der Waals surface area contributed by atoms with Crippen LogP contribution in [0.25, 0.3) is 0 Å². The maximum atomic E-state index is 2.27. The van der Waals surface area contributed by atoms with Gasteiger partial charge in [-0.2, -0.15) is 0 Å². The molecule has 0 aliphatic heterocycles. The fourth-order valence-corrected chi connectivity index (χ4v) is 1.21. The number of hydrogen-bond donors (Lipinski definition) is 0. The lowest BCUT2D eigenvalue weighted by Gasteiger charge is -1.97. The van der Waals surface area contributed by atoms with E-state index < -0.39 is 0 Å². The van der Waals surface area contributed by atoms with Crippen LogP contribution in [0.3, 0.4) is 0 Å². The first-order chi connectivity index (χ1) is 4.91. The average Bonchev–Trinajstić information content (AvgIpc) is 1.97. The molecular formula is C10H24. The van der Waals surface area contributed by atoms with Crippen LogP contribution >= 0.6 is 0 Å². The van der Waals surface area contributed by atoms with Crippen LogP contribution < -0.4 is 0 Å². The van der Waals surface area contributed by atoms with Crippen LogP contribution in [-0.2, 0) is 0 Å². The van der Waals surface area contributed by atoms with Gasteiger partial charge in [0.1, 0.15) is 0 Å². The molecule has 0 aliphatic rings. The molecule has 0 atom stereocenters. The molecule has 0 bridgehead atoms. The van der Waals surface area contributed by atoms with Gasteiger partial charge in [-0.1, -0.05) is 65.2 Å². The van der Waals surface area contributed by atoms with Crippen molar-refractivity contribution in [2.24, 2.45) is 0 Å². The van der Waals surface area contributed by atoms with E-state index in [0.29, 0.717) is 0 Å². The molecule has 64 valence electrons. The minimum atomic E-state index is 0. The highest BCUT2D eigenvalue weighted by Crippen LogP contribution is 2.07. The molecule has 0 fully saturated rings. The zero-order chi connectivity index (χ0) is 7.66. The van der Waals surface area contributed by atoms with Crippen LogP contribution in [0.5, 0.6) is 0 Å². The lowest BCUT2D eigenvalue weighted by atomic mass is 10.1. The Morgan fingerprint density at radius 1 is 0.600 bits per heavy atom. The van der Waals surface area contributed by atoms with E-state index in [1.807, 2.05) is 0 Å². The molecule has 0 aromatic rings. The van der Waals surface area contributed by atoms with Gasteiger partial charge in [0.05, 0.1) is 0 Å². The highest BCUT2D eigenvalue weighted by molar-refractivity contribution is 4.43. The smallest absolute Gasteiger partial charge is 0 e. The first-order valence-electron chi connectivity index (χ1n) is 4.91. The van der Waals surface area contributed by atoms with E-state index >= 15 is 0 Å². The standard InChI is InChI=1S/C10H22.H2/c1-3-5-7-9-10-8-6-4-2;/h3-10H2,1-2H3;1H/i;1+1. The second-order valence-electron chi connectivity index (χ2n) is 3.12. The molecule has 0 radical (unpaired) electrons. The van der Waals surface area contributed by atoms with E-state index in [9.17, 15) is 0 Å². The predicted octanol–water partition coefficient (Wildman–Crippen LogP) is 4.39. The van der Waals surface area contributed by atoms with E-state index in [1.165, 1.54) is 51.4 Å². The van der Waals surface area contributed by atoms with Gasteiger partial charge in [-0.3, -0.25) is 0 Å². The molecule has 0 heteroatoms. The molecule has 0 rings (SSSR count). The quantitative estimate of drug-likeness (QED) is 0.466. The van der Waals surface area contributed by atoms with Crippen molar-refractivity contribution in [2.75, 3.05) is 0 Å². The number of unbranched alkanes of at least 4 members (excludes halogenated alkanes) is 7. The Morgan fingerprint density at radius 2 is 0.900 bits per heavy atom. The third kappa shape index (κ3) is 8.00. The second-order valence-corrected chi connectivity index (χ2v) is 3.12. The zero-order valence-electron chi connectivity index (χ0n) is 7.66. The molecule has 0 aromatic heterocycles. The molecule has 0 saturated heterocycles. The van der Waals surface area contributed by atoms with Crippen LogP contribution in [0.15, 0.2) is 0 Å². The molecule has 0 heterocycles. The Balaban J connectivity index is 0. The number of rotatable bonds is 7. The summed E-state index contributed by atoms with van der Waals surface area (Å²) < 4.78 is 0. The fraction of sp³-hybridized carbons (Fsp3) is 1.00. The van der Waals surface area contributed by atoms with Crippen molar-refractivity contribution in [3.05, 3.63) is 0 Å². The van der Waals surface area contributed by atoms with E-state index in [4.69, 9.17) is 0 Å². The van der Waals surface area contributed by atoms with Crippen molar-refractivity contribution in [2.45, 2.75) is 65.2 Å². The van der Waals surface area contributed by atoms with Gasteiger partial charge in [0.15, 0.2) is 0 Å². The van der Waals surface area contributed by atoms with Crippen LogP contribution in [0.1, 0.15) is 66.6 Å². The van der Waals surface area contributed by atoms with E-state index in [0.717, 1.165) is 0 Å². The molecule has 0 unspecified atom stereocenters. The Hall–Kier alpha value is 0. The maximum absolute atomic E-state index is 2.27. The van der Waals surface area contributed by atoms with Crippen molar-refractivity contribution in [1.82, 2.24) is 0 Å². The third-order valence-electron chi connectivity index (χ3n) is 1.96. The van der Waals surface area contributed by atoms with Crippen molar-refractivity contribution in [3.8, 4) is 0 Å². The first-order valence-corrected chi connectivity index (χ1v) is 4.91. The van der Waals surface area contributed by atoms with Gasteiger partial charge in [-0.25, -0.2) is 0 Å². The van der Waals surface area contributed by atoms with Gasteiger partial charge in [-0.15, -0.1) is 0 Å². The molecule has 0 N–H and O–H groups in total. The van der Waals surface area contributed by atoms with E-state index in [-0.39, 0.29) is 1.43 Å². The van der Waals surface area contributed by atoms with Gasteiger partial charge >= 0.3 is 0 Å². The van der Waals surface area contributed by atoms with Crippen molar-refractivity contribution in [3.63, 3.8) is 0 Å².